The summed E-state index contributed by atoms with van der Waals surface area (Å²) in [4.78, 5) is 2.41. The summed E-state index contributed by atoms with van der Waals surface area (Å²) in [6.07, 6.45) is 0. The van der Waals surface area contributed by atoms with E-state index in [1.165, 1.54) is 75.1 Å². The minimum Gasteiger partial charge on any atom is -0.310 e. The highest BCUT2D eigenvalue weighted by atomic mass is 32.1. The van der Waals surface area contributed by atoms with Crippen LogP contribution in [0.2, 0.25) is 0 Å². The van der Waals surface area contributed by atoms with Crippen LogP contribution in [0.15, 0.2) is 200 Å². The van der Waals surface area contributed by atoms with Crippen LogP contribution in [0.3, 0.4) is 0 Å². The van der Waals surface area contributed by atoms with Crippen molar-refractivity contribution in [3.63, 3.8) is 0 Å². The molecule has 0 saturated heterocycles. The molecule has 0 aliphatic carbocycles. The molecule has 0 aliphatic rings. The van der Waals surface area contributed by atoms with Gasteiger partial charge in [0.1, 0.15) is 0 Å². The molecule has 10 aromatic rings. The lowest BCUT2D eigenvalue weighted by Gasteiger charge is -2.28. The Kier molecular flexibility index (Phi) is 7.41. The van der Waals surface area contributed by atoms with E-state index >= 15 is 0 Å². The van der Waals surface area contributed by atoms with E-state index in [1.807, 2.05) is 11.3 Å². The highest BCUT2D eigenvalue weighted by molar-refractivity contribution is 7.25. The van der Waals surface area contributed by atoms with Crippen molar-refractivity contribution in [3.05, 3.63) is 200 Å². The van der Waals surface area contributed by atoms with Crippen LogP contribution in [0.4, 0.5) is 17.1 Å². The maximum atomic E-state index is 2.41. The summed E-state index contributed by atoms with van der Waals surface area (Å²) >= 11 is 1.86. The van der Waals surface area contributed by atoms with E-state index in [9.17, 15) is 0 Å². The lowest BCUT2D eigenvalue weighted by atomic mass is 9.95. The molecule has 52 heavy (non-hydrogen) atoms. The summed E-state index contributed by atoms with van der Waals surface area (Å²) in [5.74, 6) is 0. The predicted molar refractivity (Wildman–Crippen MR) is 225 cm³/mol. The van der Waals surface area contributed by atoms with Gasteiger partial charge in [-0.1, -0.05) is 158 Å². The average molecular weight is 680 g/mol. The molecule has 1 nitrogen and oxygen atoms in total. The highest BCUT2D eigenvalue weighted by Gasteiger charge is 2.19. The number of para-hydroxylation sites is 1. The van der Waals surface area contributed by atoms with Crippen LogP contribution >= 0.6 is 11.3 Å². The van der Waals surface area contributed by atoms with E-state index in [4.69, 9.17) is 0 Å². The second kappa shape index (κ2) is 12.7. The Hall–Kier alpha value is -6.48. The first-order valence-corrected chi connectivity index (χ1v) is 18.6. The van der Waals surface area contributed by atoms with Crippen molar-refractivity contribution in [2.24, 2.45) is 0 Å². The number of hydrogen-bond donors (Lipinski definition) is 0. The van der Waals surface area contributed by atoms with Gasteiger partial charge in [-0.2, -0.15) is 0 Å². The zero-order valence-electron chi connectivity index (χ0n) is 28.4. The predicted octanol–water partition coefficient (Wildman–Crippen LogP) is 14.8. The fraction of sp³-hybridized carbons (Fsp3) is 0. The lowest BCUT2D eigenvalue weighted by Crippen LogP contribution is -2.11. The van der Waals surface area contributed by atoms with Gasteiger partial charge < -0.3 is 4.90 Å². The van der Waals surface area contributed by atoms with Gasteiger partial charge in [-0.3, -0.25) is 0 Å². The van der Waals surface area contributed by atoms with Crippen LogP contribution in [-0.4, -0.2) is 0 Å². The first-order chi connectivity index (χ1) is 25.8. The number of rotatable bonds is 6. The minimum absolute atomic E-state index is 1.11. The molecular weight excluding hydrogens is 647 g/mol. The molecule has 0 fully saturated rings. The van der Waals surface area contributed by atoms with Crippen molar-refractivity contribution in [1.82, 2.24) is 0 Å². The molecule has 1 aromatic heterocycles. The fourth-order valence-electron chi connectivity index (χ4n) is 7.86. The van der Waals surface area contributed by atoms with Gasteiger partial charge in [0.2, 0.25) is 0 Å². The van der Waals surface area contributed by atoms with Crippen LogP contribution in [0.5, 0.6) is 0 Å². The summed E-state index contributed by atoms with van der Waals surface area (Å²) in [7, 11) is 0. The topological polar surface area (TPSA) is 3.24 Å². The first kappa shape index (κ1) is 30.4. The number of fused-ring (bicyclic) bond motifs is 5. The van der Waals surface area contributed by atoms with E-state index in [-0.39, 0.29) is 0 Å². The monoisotopic (exact) mass is 679 g/mol. The van der Waals surface area contributed by atoms with Crippen LogP contribution in [0.1, 0.15) is 0 Å². The van der Waals surface area contributed by atoms with E-state index in [0.29, 0.717) is 0 Å². The smallest absolute Gasteiger partial charge is 0.0540 e. The Morgan fingerprint density at radius 3 is 1.48 bits per heavy atom. The third-order valence-corrected chi connectivity index (χ3v) is 11.4. The van der Waals surface area contributed by atoms with Crippen LogP contribution in [0, 0.1) is 0 Å². The standard InChI is InChI=1S/C50H33NS/c1-3-16-40-34(12-1)14-9-20-41(40)36-26-30-38(31-27-36)51(47-23-7-5-18-45(47)44-22-10-15-35-13-2-4-17-42(35)44)39-32-28-37(29-33-39)43-21-11-25-49-50(43)46-19-6-8-24-48(46)52-49/h1-33H. The van der Waals surface area contributed by atoms with E-state index in [1.54, 1.807) is 0 Å². The molecule has 0 bridgehead atoms. The SMILES string of the molecule is c1ccc(N(c2ccc(-c3cccc4ccccc34)cc2)c2ccc(-c3cccc4sc5ccccc5c34)cc2)c(-c2cccc3ccccc23)c1. The molecule has 0 atom stereocenters. The quantitative estimate of drug-likeness (QED) is 0.169. The van der Waals surface area contributed by atoms with E-state index in [0.717, 1.165) is 17.1 Å². The second-order valence-corrected chi connectivity index (χ2v) is 14.4. The van der Waals surface area contributed by atoms with Gasteiger partial charge in [0, 0.05) is 37.1 Å². The maximum Gasteiger partial charge on any atom is 0.0540 e. The average Bonchev–Trinajstić information content (AvgIpc) is 3.60. The number of nitrogens with zero attached hydrogens (tertiary/aromatic N) is 1. The molecule has 0 amide bonds. The molecule has 0 unspecified atom stereocenters. The number of hydrogen-bond acceptors (Lipinski definition) is 2. The molecule has 244 valence electrons. The Bertz CT molecular complexity index is 2890. The van der Waals surface area contributed by atoms with Crippen LogP contribution in [-0.2, 0) is 0 Å². The summed E-state index contributed by atoms with van der Waals surface area (Å²) in [5, 5.41) is 7.65. The highest BCUT2D eigenvalue weighted by Crippen LogP contribution is 2.45. The molecule has 0 saturated carbocycles. The second-order valence-electron chi connectivity index (χ2n) is 13.3. The molecule has 0 radical (unpaired) electrons. The van der Waals surface area contributed by atoms with Gasteiger partial charge >= 0.3 is 0 Å². The first-order valence-electron chi connectivity index (χ1n) is 17.8. The van der Waals surface area contributed by atoms with Gasteiger partial charge in [-0.15, -0.1) is 11.3 Å². The Balaban J connectivity index is 1.13. The molecule has 0 aliphatic heterocycles. The van der Waals surface area contributed by atoms with Gasteiger partial charge in [0.05, 0.1) is 5.69 Å². The van der Waals surface area contributed by atoms with Crippen molar-refractivity contribution < 1.29 is 0 Å². The summed E-state index contributed by atoms with van der Waals surface area (Å²) in [5.41, 5.74) is 10.7. The minimum atomic E-state index is 1.11. The van der Waals surface area contributed by atoms with Crippen molar-refractivity contribution in [2.45, 2.75) is 0 Å². The van der Waals surface area contributed by atoms with E-state index in [2.05, 4.69) is 205 Å². The van der Waals surface area contributed by atoms with Crippen LogP contribution < -0.4 is 4.90 Å². The number of benzene rings is 9. The largest absolute Gasteiger partial charge is 0.310 e. The molecule has 1 heterocycles. The third kappa shape index (κ3) is 5.16. The molecule has 9 aromatic carbocycles. The summed E-state index contributed by atoms with van der Waals surface area (Å²) in [6, 6.07) is 72.9. The Morgan fingerprint density at radius 1 is 0.308 bits per heavy atom. The Labute approximate surface area is 307 Å². The van der Waals surface area contributed by atoms with Crippen LogP contribution in [0.25, 0.3) is 75.1 Å². The van der Waals surface area contributed by atoms with Gasteiger partial charge in [-0.25, -0.2) is 0 Å². The van der Waals surface area contributed by atoms with Gasteiger partial charge in [0.25, 0.3) is 0 Å². The molecule has 10 rings (SSSR count). The van der Waals surface area contributed by atoms with Crippen molar-refractivity contribution >= 4 is 70.1 Å². The number of anilines is 3. The normalized spacial score (nSPS) is 11.5. The Morgan fingerprint density at radius 2 is 0.769 bits per heavy atom. The third-order valence-electron chi connectivity index (χ3n) is 10.3. The van der Waals surface area contributed by atoms with Crippen molar-refractivity contribution in [3.8, 4) is 33.4 Å². The number of thiophene rings is 1. The lowest BCUT2D eigenvalue weighted by molar-refractivity contribution is 1.28. The molecule has 2 heteroatoms. The molecule has 0 N–H and O–H groups in total. The summed E-state index contributed by atoms with van der Waals surface area (Å²) in [6.45, 7) is 0. The zero-order valence-corrected chi connectivity index (χ0v) is 29.2. The molecule has 0 spiro atoms. The van der Waals surface area contributed by atoms with Gasteiger partial charge in [0.15, 0.2) is 0 Å². The maximum absolute atomic E-state index is 2.41. The zero-order chi connectivity index (χ0) is 34.4. The van der Waals surface area contributed by atoms with Crippen molar-refractivity contribution in [1.29, 1.82) is 0 Å². The fourth-order valence-corrected chi connectivity index (χ4v) is 8.99. The summed E-state index contributed by atoms with van der Waals surface area (Å²) < 4.78 is 2.64. The van der Waals surface area contributed by atoms with E-state index < -0.39 is 0 Å². The van der Waals surface area contributed by atoms with Crippen molar-refractivity contribution in [2.75, 3.05) is 4.90 Å². The van der Waals surface area contributed by atoms with Gasteiger partial charge in [-0.05, 0) is 91.8 Å². The molecular formula is C50H33NS.